The third kappa shape index (κ3) is 2.77. The van der Waals surface area contributed by atoms with E-state index in [0.29, 0.717) is 17.3 Å². The van der Waals surface area contributed by atoms with Crippen LogP contribution in [-0.2, 0) is 0 Å². The number of rotatable bonds is 4. The predicted octanol–water partition coefficient (Wildman–Crippen LogP) is 3.60. The Morgan fingerprint density at radius 2 is 2.33 bits per heavy atom. The quantitative estimate of drug-likeness (QED) is 0.563. The number of thiophene rings is 1. The number of Topliss-reactive ketones (excluding diaryl/α,β-unsaturated/α-hetero) is 1. The third-order valence-electron chi connectivity index (χ3n) is 1.38. The summed E-state index contributed by atoms with van der Waals surface area (Å²) < 4.78 is 0. The number of ketones is 1. The molecule has 0 amide bonds. The second-order valence-electron chi connectivity index (χ2n) is 2.34. The molecule has 0 radical (unpaired) electrons. The maximum atomic E-state index is 11.3. The molecular weight excluding hydrogens is 215 g/mol. The van der Waals surface area contributed by atoms with Gasteiger partial charge >= 0.3 is 0 Å². The Labute approximate surface area is 85.3 Å². The molecule has 0 saturated carbocycles. The summed E-state index contributed by atoms with van der Waals surface area (Å²) >= 11 is 12.5. The highest BCUT2D eigenvalue weighted by Crippen LogP contribution is 2.20. The van der Waals surface area contributed by atoms with Gasteiger partial charge in [-0.05, 0) is 12.5 Å². The number of alkyl halides is 1. The van der Waals surface area contributed by atoms with E-state index in [1.54, 1.807) is 11.4 Å². The Balaban J connectivity index is 2.53. The highest BCUT2D eigenvalue weighted by atomic mass is 35.5. The molecule has 0 aliphatic carbocycles. The molecule has 0 bridgehead atoms. The zero-order valence-electron chi connectivity index (χ0n) is 6.35. The van der Waals surface area contributed by atoms with Crippen molar-refractivity contribution in [2.24, 2.45) is 0 Å². The van der Waals surface area contributed by atoms with Crippen LogP contribution in [0.25, 0.3) is 0 Å². The van der Waals surface area contributed by atoms with Crippen LogP contribution in [0.5, 0.6) is 0 Å². The molecule has 0 N–H and O–H groups in total. The normalized spacial score (nSPS) is 10.2. The summed E-state index contributed by atoms with van der Waals surface area (Å²) in [5.74, 6) is 0.665. The lowest BCUT2D eigenvalue weighted by Crippen LogP contribution is -1.95. The molecule has 0 saturated heterocycles. The van der Waals surface area contributed by atoms with E-state index in [4.69, 9.17) is 23.2 Å². The number of carbonyl (C=O) groups excluding carboxylic acids is 1. The Morgan fingerprint density at radius 1 is 1.58 bits per heavy atom. The van der Waals surface area contributed by atoms with Crippen LogP contribution in [-0.4, -0.2) is 11.7 Å². The fraction of sp³-hybridized carbons (Fsp3) is 0.375. The molecule has 0 aliphatic heterocycles. The van der Waals surface area contributed by atoms with Crippen molar-refractivity contribution in [2.45, 2.75) is 12.8 Å². The highest BCUT2D eigenvalue weighted by Gasteiger charge is 2.07. The Kier molecular flexibility index (Phi) is 4.06. The van der Waals surface area contributed by atoms with Gasteiger partial charge in [-0.25, -0.2) is 0 Å². The summed E-state index contributed by atoms with van der Waals surface area (Å²) in [6.07, 6.45) is 1.25. The van der Waals surface area contributed by atoms with Crippen molar-refractivity contribution in [1.82, 2.24) is 0 Å². The molecule has 0 fully saturated rings. The van der Waals surface area contributed by atoms with Crippen molar-refractivity contribution in [3.8, 4) is 0 Å². The van der Waals surface area contributed by atoms with Crippen molar-refractivity contribution < 1.29 is 4.79 Å². The van der Waals surface area contributed by atoms with Crippen LogP contribution in [0.4, 0.5) is 0 Å². The van der Waals surface area contributed by atoms with E-state index in [1.807, 2.05) is 0 Å². The van der Waals surface area contributed by atoms with Crippen LogP contribution in [0, 0.1) is 0 Å². The monoisotopic (exact) mass is 222 g/mol. The molecule has 0 atom stereocenters. The average Bonchev–Trinajstić information content (AvgIpc) is 2.47. The van der Waals surface area contributed by atoms with Crippen LogP contribution in [0.3, 0.4) is 0 Å². The van der Waals surface area contributed by atoms with Crippen LogP contribution in [0.1, 0.15) is 22.5 Å². The Morgan fingerprint density at radius 3 is 2.83 bits per heavy atom. The van der Waals surface area contributed by atoms with Gasteiger partial charge < -0.3 is 0 Å². The van der Waals surface area contributed by atoms with Crippen molar-refractivity contribution >= 4 is 40.3 Å². The molecule has 0 spiro atoms. The molecule has 1 aromatic heterocycles. The first kappa shape index (κ1) is 10.0. The van der Waals surface area contributed by atoms with Gasteiger partial charge in [0.1, 0.15) is 0 Å². The second kappa shape index (κ2) is 4.85. The molecule has 1 aromatic rings. The third-order valence-corrected chi connectivity index (χ3v) is 2.97. The summed E-state index contributed by atoms with van der Waals surface area (Å²) in [5, 5.41) is 2.39. The largest absolute Gasteiger partial charge is 0.293 e. The minimum absolute atomic E-state index is 0.132. The van der Waals surface area contributed by atoms with E-state index < -0.39 is 0 Å². The molecule has 0 aromatic carbocycles. The van der Waals surface area contributed by atoms with Crippen molar-refractivity contribution in [2.75, 3.05) is 5.88 Å². The number of hydrogen-bond acceptors (Lipinski definition) is 2. The van der Waals surface area contributed by atoms with Crippen molar-refractivity contribution in [3.63, 3.8) is 0 Å². The van der Waals surface area contributed by atoms with E-state index >= 15 is 0 Å². The SMILES string of the molecule is O=C(CCCCl)c1cc(Cl)cs1. The highest BCUT2D eigenvalue weighted by molar-refractivity contribution is 7.12. The van der Waals surface area contributed by atoms with Crippen LogP contribution >= 0.6 is 34.5 Å². The minimum atomic E-state index is 0.132. The lowest BCUT2D eigenvalue weighted by molar-refractivity contribution is 0.0986. The number of carbonyl (C=O) groups is 1. The van der Waals surface area contributed by atoms with Crippen molar-refractivity contribution in [1.29, 1.82) is 0 Å². The Bertz CT molecular complexity index is 270. The minimum Gasteiger partial charge on any atom is -0.293 e. The van der Waals surface area contributed by atoms with Gasteiger partial charge in [0.25, 0.3) is 0 Å². The van der Waals surface area contributed by atoms with Gasteiger partial charge in [-0.3, -0.25) is 4.79 Å². The molecule has 4 heteroatoms. The van der Waals surface area contributed by atoms with Gasteiger partial charge in [0.15, 0.2) is 5.78 Å². The first-order chi connectivity index (χ1) is 5.74. The number of halogens is 2. The van der Waals surface area contributed by atoms with E-state index in [-0.39, 0.29) is 5.78 Å². The van der Waals surface area contributed by atoms with Gasteiger partial charge in [-0.2, -0.15) is 0 Å². The smallest absolute Gasteiger partial charge is 0.172 e. The molecular formula is C8H8Cl2OS. The van der Waals surface area contributed by atoms with Crippen LogP contribution in [0.2, 0.25) is 5.02 Å². The summed E-state index contributed by atoms with van der Waals surface area (Å²) in [5.41, 5.74) is 0. The standard InChI is InChI=1S/C8H8Cl2OS/c9-3-1-2-7(11)8-4-6(10)5-12-8/h4-5H,1-3H2. The van der Waals surface area contributed by atoms with E-state index in [1.165, 1.54) is 11.3 Å². The van der Waals surface area contributed by atoms with E-state index in [0.717, 1.165) is 11.3 Å². The summed E-state index contributed by atoms with van der Waals surface area (Å²) in [6.45, 7) is 0. The average molecular weight is 223 g/mol. The topological polar surface area (TPSA) is 17.1 Å². The first-order valence-electron chi connectivity index (χ1n) is 3.57. The zero-order valence-corrected chi connectivity index (χ0v) is 8.68. The van der Waals surface area contributed by atoms with Gasteiger partial charge in [0.2, 0.25) is 0 Å². The summed E-state index contributed by atoms with van der Waals surface area (Å²) in [6, 6.07) is 1.70. The lowest BCUT2D eigenvalue weighted by atomic mass is 10.2. The first-order valence-corrected chi connectivity index (χ1v) is 5.36. The second-order valence-corrected chi connectivity index (χ2v) is 4.07. The molecule has 0 unspecified atom stereocenters. The van der Waals surface area contributed by atoms with Crippen molar-refractivity contribution in [3.05, 3.63) is 21.3 Å². The van der Waals surface area contributed by atoms with Gasteiger partial charge in [-0.1, -0.05) is 11.6 Å². The van der Waals surface area contributed by atoms with E-state index in [2.05, 4.69) is 0 Å². The molecule has 12 heavy (non-hydrogen) atoms. The van der Waals surface area contributed by atoms with Gasteiger partial charge in [0.05, 0.1) is 9.90 Å². The Hall–Kier alpha value is -0.0500. The van der Waals surface area contributed by atoms with Crippen LogP contribution in [0.15, 0.2) is 11.4 Å². The van der Waals surface area contributed by atoms with Crippen LogP contribution < -0.4 is 0 Å². The molecule has 66 valence electrons. The molecule has 1 rings (SSSR count). The molecule has 1 heterocycles. The predicted molar refractivity (Wildman–Crippen MR) is 53.6 cm³/mol. The fourth-order valence-corrected chi connectivity index (χ4v) is 1.99. The maximum Gasteiger partial charge on any atom is 0.172 e. The fourth-order valence-electron chi connectivity index (χ4n) is 0.810. The van der Waals surface area contributed by atoms with E-state index in [9.17, 15) is 4.79 Å². The zero-order chi connectivity index (χ0) is 8.97. The maximum absolute atomic E-state index is 11.3. The van der Waals surface area contributed by atoms with Gasteiger partial charge in [0, 0.05) is 17.7 Å². The summed E-state index contributed by atoms with van der Waals surface area (Å²) in [4.78, 5) is 12.0. The van der Waals surface area contributed by atoms with Gasteiger partial charge in [-0.15, -0.1) is 22.9 Å². The molecule has 0 aliphatic rings. The summed E-state index contributed by atoms with van der Waals surface area (Å²) in [7, 11) is 0. The number of hydrogen-bond donors (Lipinski definition) is 0. The lowest BCUT2D eigenvalue weighted by Gasteiger charge is -1.92. The molecule has 1 nitrogen and oxygen atoms in total.